The van der Waals surface area contributed by atoms with Crippen molar-refractivity contribution in [2.45, 2.75) is 52.5 Å². The fraction of sp³-hybridized carbons (Fsp3) is 0.471. The molecule has 3 nitrogen and oxygen atoms in total. The van der Waals surface area contributed by atoms with E-state index in [9.17, 15) is 0 Å². The van der Waals surface area contributed by atoms with Crippen LogP contribution in [0.1, 0.15) is 47.4 Å². The highest BCUT2D eigenvalue weighted by atomic mass is 35.5. The van der Waals surface area contributed by atoms with Crippen LogP contribution in [0.25, 0.3) is 11.3 Å². The van der Waals surface area contributed by atoms with Crippen molar-refractivity contribution in [3.63, 3.8) is 0 Å². The van der Waals surface area contributed by atoms with Gasteiger partial charge in [-0.05, 0) is 32.9 Å². The monoisotopic (exact) mass is 305 g/mol. The first-order valence-corrected chi connectivity index (χ1v) is 7.55. The summed E-state index contributed by atoms with van der Waals surface area (Å²) in [6.07, 6.45) is 0. The highest BCUT2D eigenvalue weighted by Crippen LogP contribution is 2.36. The van der Waals surface area contributed by atoms with Crippen LogP contribution in [0.5, 0.6) is 0 Å². The maximum absolute atomic E-state index is 6.42. The number of nitrogen functional groups attached to an aromatic ring is 1. The van der Waals surface area contributed by atoms with Gasteiger partial charge in [-0.2, -0.15) is 0 Å². The van der Waals surface area contributed by atoms with Crippen LogP contribution in [0, 0.1) is 0 Å². The number of nitrogens with zero attached hydrogens (tertiary/aromatic N) is 2. The Morgan fingerprint density at radius 3 is 1.90 bits per heavy atom. The van der Waals surface area contributed by atoms with Gasteiger partial charge in [-0.15, -0.1) is 0 Å². The molecule has 114 valence electrons. The van der Waals surface area contributed by atoms with Gasteiger partial charge in [0, 0.05) is 21.5 Å². The minimum atomic E-state index is -0.121. The van der Waals surface area contributed by atoms with Gasteiger partial charge >= 0.3 is 0 Å². The lowest BCUT2D eigenvalue weighted by molar-refractivity contribution is 0.359. The Morgan fingerprint density at radius 1 is 1.00 bits per heavy atom. The first kappa shape index (κ1) is 15.9. The molecule has 0 atom stereocenters. The number of imidazole rings is 1. The van der Waals surface area contributed by atoms with Crippen LogP contribution in [0.15, 0.2) is 24.3 Å². The molecule has 0 saturated carbocycles. The van der Waals surface area contributed by atoms with E-state index in [1.807, 2.05) is 24.3 Å². The Labute approximate surface area is 132 Å². The van der Waals surface area contributed by atoms with E-state index in [0.29, 0.717) is 10.8 Å². The van der Waals surface area contributed by atoms with Gasteiger partial charge in [-0.1, -0.05) is 44.5 Å². The Morgan fingerprint density at radius 2 is 1.52 bits per heavy atom. The minimum absolute atomic E-state index is 0.0773. The Balaban J connectivity index is 2.70. The SMILES string of the molecule is CC(C)(C)c1nc(-c2ccc(Cl)cc2)c(N)n1C(C)(C)C. The number of anilines is 1. The van der Waals surface area contributed by atoms with Crippen LogP contribution >= 0.6 is 11.6 Å². The number of hydrogen-bond acceptors (Lipinski definition) is 2. The van der Waals surface area contributed by atoms with Gasteiger partial charge < -0.3 is 10.3 Å². The summed E-state index contributed by atoms with van der Waals surface area (Å²) < 4.78 is 2.14. The summed E-state index contributed by atoms with van der Waals surface area (Å²) in [6.45, 7) is 12.9. The number of hydrogen-bond donors (Lipinski definition) is 1. The second kappa shape index (κ2) is 5.06. The zero-order valence-corrected chi connectivity index (χ0v) is 14.4. The molecule has 1 aromatic heterocycles. The highest BCUT2D eigenvalue weighted by molar-refractivity contribution is 6.30. The van der Waals surface area contributed by atoms with Crippen molar-refractivity contribution in [2.24, 2.45) is 0 Å². The summed E-state index contributed by atoms with van der Waals surface area (Å²) in [4.78, 5) is 4.84. The van der Waals surface area contributed by atoms with E-state index in [1.54, 1.807) is 0 Å². The van der Waals surface area contributed by atoms with Crippen molar-refractivity contribution in [1.29, 1.82) is 0 Å². The third kappa shape index (κ3) is 3.08. The molecule has 2 N–H and O–H groups in total. The van der Waals surface area contributed by atoms with E-state index in [2.05, 4.69) is 46.1 Å². The molecule has 0 amide bonds. The molecule has 0 spiro atoms. The average molecular weight is 306 g/mol. The van der Waals surface area contributed by atoms with Crippen LogP contribution in [-0.4, -0.2) is 9.55 Å². The van der Waals surface area contributed by atoms with Gasteiger partial charge in [0.15, 0.2) is 0 Å². The van der Waals surface area contributed by atoms with Gasteiger partial charge in [0.1, 0.15) is 17.3 Å². The number of halogens is 1. The van der Waals surface area contributed by atoms with E-state index >= 15 is 0 Å². The standard InChI is InChI=1S/C17H24ClN3/c1-16(2,3)15-20-13(11-7-9-12(18)10-8-11)14(19)21(15)17(4,5)6/h7-10H,19H2,1-6H3. The molecule has 2 aromatic rings. The van der Waals surface area contributed by atoms with Crippen molar-refractivity contribution in [1.82, 2.24) is 9.55 Å². The van der Waals surface area contributed by atoms with Gasteiger partial charge in [0.05, 0.1) is 0 Å². The Hall–Kier alpha value is -1.48. The molecule has 0 fully saturated rings. The summed E-state index contributed by atoms with van der Waals surface area (Å²) in [5.74, 6) is 1.70. The second-order valence-corrected chi connectivity index (χ2v) is 7.87. The van der Waals surface area contributed by atoms with Crippen molar-refractivity contribution in [2.75, 3.05) is 5.73 Å². The molecule has 4 heteroatoms. The van der Waals surface area contributed by atoms with Crippen LogP contribution in [-0.2, 0) is 11.0 Å². The molecule has 0 saturated heterocycles. The van der Waals surface area contributed by atoms with Crippen molar-refractivity contribution >= 4 is 17.4 Å². The van der Waals surface area contributed by atoms with Gasteiger partial charge in [0.25, 0.3) is 0 Å². The predicted octanol–water partition coefficient (Wildman–Crippen LogP) is 4.84. The largest absolute Gasteiger partial charge is 0.383 e. The van der Waals surface area contributed by atoms with Gasteiger partial charge in [-0.3, -0.25) is 0 Å². The van der Waals surface area contributed by atoms with E-state index in [4.69, 9.17) is 22.3 Å². The van der Waals surface area contributed by atoms with Gasteiger partial charge in [-0.25, -0.2) is 4.98 Å². The molecular formula is C17H24ClN3. The molecule has 1 heterocycles. The summed E-state index contributed by atoms with van der Waals surface area (Å²) >= 11 is 5.96. The third-order valence-electron chi connectivity index (χ3n) is 3.37. The van der Waals surface area contributed by atoms with Crippen LogP contribution in [0.2, 0.25) is 5.02 Å². The molecule has 21 heavy (non-hydrogen) atoms. The molecule has 0 bridgehead atoms. The summed E-state index contributed by atoms with van der Waals surface area (Å²) in [6, 6.07) is 7.65. The highest BCUT2D eigenvalue weighted by Gasteiger charge is 2.30. The Kier molecular flexibility index (Phi) is 3.83. The minimum Gasteiger partial charge on any atom is -0.383 e. The maximum atomic E-state index is 6.42. The summed E-state index contributed by atoms with van der Waals surface area (Å²) in [5.41, 5.74) is 8.04. The lowest BCUT2D eigenvalue weighted by atomic mass is 9.94. The van der Waals surface area contributed by atoms with Crippen molar-refractivity contribution in [3.8, 4) is 11.3 Å². The number of aromatic nitrogens is 2. The average Bonchev–Trinajstić information content (AvgIpc) is 2.67. The molecule has 0 aliphatic rings. The molecule has 0 unspecified atom stereocenters. The first-order valence-electron chi connectivity index (χ1n) is 7.17. The first-order chi connectivity index (χ1) is 9.51. The topological polar surface area (TPSA) is 43.8 Å². The summed E-state index contributed by atoms with van der Waals surface area (Å²) in [5, 5.41) is 0.712. The number of nitrogens with two attached hydrogens (primary N) is 1. The maximum Gasteiger partial charge on any atom is 0.132 e. The molecular weight excluding hydrogens is 282 g/mol. The fourth-order valence-corrected chi connectivity index (χ4v) is 2.56. The lowest BCUT2D eigenvalue weighted by Gasteiger charge is -2.29. The number of rotatable bonds is 1. The van der Waals surface area contributed by atoms with Gasteiger partial charge in [0.2, 0.25) is 0 Å². The third-order valence-corrected chi connectivity index (χ3v) is 3.62. The lowest BCUT2D eigenvalue weighted by Crippen LogP contribution is -2.30. The summed E-state index contributed by atoms with van der Waals surface area (Å²) in [7, 11) is 0. The predicted molar refractivity (Wildman–Crippen MR) is 90.8 cm³/mol. The van der Waals surface area contributed by atoms with Crippen molar-refractivity contribution < 1.29 is 0 Å². The second-order valence-electron chi connectivity index (χ2n) is 7.43. The molecule has 2 rings (SSSR count). The molecule has 0 aliphatic heterocycles. The van der Waals surface area contributed by atoms with Crippen LogP contribution in [0.4, 0.5) is 5.82 Å². The Bertz CT molecular complexity index is 640. The van der Waals surface area contributed by atoms with E-state index in [1.165, 1.54) is 0 Å². The van der Waals surface area contributed by atoms with E-state index in [-0.39, 0.29) is 11.0 Å². The van der Waals surface area contributed by atoms with E-state index < -0.39 is 0 Å². The van der Waals surface area contributed by atoms with E-state index in [0.717, 1.165) is 17.1 Å². The van der Waals surface area contributed by atoms with Crippen LogP contribution in [0.3, 0.4) is 0 Å². The molecule has 0 aliphatic carbocycles. The fourth-order valence-electron chi connectivity index (χ4n) is 2.44. The number of benzene rings is 1. The zero-order valence-electron chi connectivity index (χ0n) is 13.7. The smallest absolute Gasteiger partial charge is 0.132 e. The van der Waals surface area contributed by atoms with Crippen molar-refractivity contribution in [3.05, 3.63) is 35.1 Å². The molecule has 1 aromatic carbocycles. The zero-order chi connectivity index (χ0) is 16.0. The molecule has 0 radical (unpaired) electrons. The normalized spacial score (nSPS) is 12.7. The quantitative estimate of drug-likeness (QED) is 0.819. The van der Waals surface area contributed by atoms with Crippen LogP contribution < -0.4 is 5.73 Å².